The molecule has 2 N–H and O–H groups in total. The van der Waals surface area contributed by atoms with Gasteiger partial charge in [-0.1, -0.05) is 5.21 Å². The highest BCUT2D eigenvalue weighted by Gasteiger charge is 2.16. The number of hydrogen-bond donors (Lipinski definition) is 2. The molecule has 0 aliphatic heterocycles. The quantitative estimate of drug-likeness (QED) is 0.812. The van der Waals surface area contributed by atoms with Crippen LogP contribution in [0.4, 0.5) is 0 Å². The fraction of sp³-hybridized carbons (Fsp3) is 0.333. The van der Waals surface area contributed by atoms with E-state index in [9.17, 15) is 9.59 Å². The maximum Gasteiger partial charge on any atom is 0.325 e. The number of rotatable bonds is 6. The first-order chi connectivity index (χ1) is 9.99. The lowest BCUT2D eigenvalue weighted by molar-refractivity contribution is -0.137. The number of thiophene rings is 1. The van der Waals surface area contributed by atoms with Crippen molar-refractivity contribution in [3.05, 3.63) is 27.7 Å². The molecule has 2 heterocycles. The number of methoxy groups -OCH3 is 1. The maximum atomic E-state index is 12.1. The molecule has 1 amide bonds. The Morgan fingerprint density at radius 1 is 1.52 bits per heavy atom. The number of carbonyl (C=O) groups is 2. The van der Waals surface area contributed by atoms with Crippen LogP contribution in [0.3, 0.4) is 0 Å². The van der Waals surface area contributed by atoms with Crippen LogP contribution in [0.1, 0.15) is 20.2 Å². The maximum absolute atomic E-state index is 12.1. The molecule has 2 aromatic heterocycles. The summed E-state index contributed by atoms with van der Waals surface area (Å²) in [5.41, 5.74) is 0.483. The average Bonchev–Trinajstić information content (AvgIpc) is 3.01. The highest BCUT2D eigenvalue weighted by molar-refractivity contribution is 7.14. The summed E-state index contributed by atoms with van der Waals surface area (Å²) in [5.74, 6) is -0.739. The number of aromatic nitrogens is 3. The second-order valence-electron chi connectivity index (χ2n) is 4.24. The molecule has 0 bridgehead atoms. The van der Waals surface area contributed by atoms with E-state index in [-0.39, 0.29) is 19.0 Å². The van der Waals surface area contributed by atoms with Gasteiger partial charge in [0.2, 0.25) is 0 Å². The van der Waals surface area contributed by atoms with Crippen LogP contribution in [-0.2, 0) is 17.9 Å². The summed E-state index contributed by atoms with van der Waals surface area (Å²) in [6.07, 6.45) is 1.48. The summed E-state index contributed by atoms with van der Waals surface area (Å²) in [5, 5.41) is 18.8. The zero-order valence-electron chi connectivity index (χ0n) is 11.5. The largest absolute Gasteiger partial charge is 0.495 e. The van der Waals surface area contributed by atoms with Gasteiger partial charge in [0.1, 0.15) is 22.9 Å². The number of nitrogens with one attached hydrogen (secondary N) is 1. The van der Waals surface area contributed by atoms with Gasteiger partial charge in [-0.05, 0) is 13.0 Å². The smallest absolute Gasteiger partial charge is 0.325 e. The first kappa shape index (κ1) is 15.0. The van der Waals surface area contributed by atoms with Crippen LogP contribution in [0.5, 0.6) is 5.75 Å². The van der Waals surface area contributed by atoms with Crippen molar-refractivity contribution in [1.82, 2.24) is 20.3 Å². The molecule has 0 aromatic carbocycles. The average molecular weight is 310 g/mol. The van der Waals surface area contributed by atoms with Gasteiger partial charge in [0.25, 0.3) is 5.91 Å². The molecule has 0 atom stereocenters. The predicted molar refractivity (Wildman–Crippen MR) is 74.4 cm³/mol. The highest BCUT2D eigenvalue weighted by atomic mass is 32.1. The fourth-order valence-electron chi connectivity index (χ4n) is 1.69. The number of nitrogens with zero attached hydrogens (tertiary/aromatic N) is 3. The Kier molecular flexibility index (Phi) is 4.53. The van der Waals surface area contributed by atoms with Crippen molar-refractivity contribution in [2.75, 3.05) is 7.11 Å². The number of amides is 1. The van der Waals surface area contributed by atoms with Crippen LogP contribution in [0, 0.1) is 6.92 Å². The molecule has 0 aliphatic carbocycles. The summed E-state index contributed by atoms with van der Waals surface area (Å²) in [6.45, 7) is 1.79. The predicted octanol–water partition coefficient (Wildman–Crippen LogP) is 0.671. The summed E-state index contributed by atoms with van der Waals surface area (Å²) < 4.78 is 6.33. The van der Waals surface area contributed by atoms with E-state index in [0.717, 1.165) is 4.88 Å². The summed E-state index contributed by atoms with van der Waals surface area (Å²) in [6, 6.07) is 1.79. The van der Waals surface area contributed by atoms with Gasteiger partial charge in [0, 0.05) is 4.88 Å². The van der Waals surface area contributed by atoms with Crippen molar-refractivity contribution in [3.63, 3.8) is 0 Å². The van der Waals surface area contributed by atoms with Gasteiger partial charge in [-0.2, -0.15) is 0 Å². The molecule has 0 unspecified atom stereocenters. The SMILES string of the molecule is COc1cc(C)sc1C(=O)NCc1cn(CC(=O)O)nn1. The third-order valence-electron chi connectivity index (χ3n) is 2.56. The molecule has 0 radical (unpaired) electrons. The van der Waals surface area contributed by atoms with E-state index in [1.54, 1.807) is 6.07 Å². The Morgan fingerprint density at radius 2 is 2.29 bits per heavy atom. The Hall–Kier alpha value is -2.42. The normalized spacial score (nSPS) is 10.4. The first-order valence-corrected chi connectivity index (χ1v) is 6.84. The summed E-state index contributed by atoms with van der Waals surface area (Å²) >= 11 is 1.34. The van der Waals surface area contributed by atoms with Crippen molar-refractivity contribution in [1.29, 1.82) is 0 Å². The van der Waals surface area contributed by atoms with Gasteiger partial charge >= 0.3 is 5.97 Å². The van der Waals surface area contributed by atoms with Gasteiger partial charge in [0.15, 0.2) is 0 Å². The van der Waals surface area contributed by atoms with Crippen LogP contribution < -0.4 is 10.1 Å². The van der Waals surface area contributed by atoms with Crippen molar-refractivity contribution in [3.8, 4) is 5.75 Å². The number of ether oxygens (including phenoxy) is 1. The van der Waals surface area contributed by atoms with Crippen LogP contribution in [0.25, 0.3) is 0 Å². The lowest BCUT2D eigenvalue weighted by Gasteiger charge is -2.03. The Balaban J connectivity index is 1.97. The molecular formula is C12H14N4O4S. The number of carbonyl (C=O) groups excluding carboxylic acids is 1. The summed E-state index contributed by atoms with van der Waals surface area (Å²) in [4.78, 5) is 24.1. The minimum Gasteiger partial charge on any atom is -0.495 e. The van der Waals surface area contributed by atoms with E-state index in [1.165, 1.54) is 29.3 Å². The van der Waals surface area contributed by atoms with Crippen LogP contribution in [0.2, 0.25) is 0 Å². The Morgan fingerprint density at radius 3 is 2.95 bits per heavy atom. The van der Waals surface area contributed by atoms with Crippen molar-refractivity contribution < 1.29 is 19.4 Å². The third-order valence-corrected chi connectivity index (χ3v) is 3.59. The molecule has 2 aromatic rings. The van der Waals surface area contributed by atoms with Crippen LogP contribution in [0.15, 0.2) is 12.3 Å². The molecule has 21 heavy (non-hydrogen) atoms. The molecule has 0 saturated carbocycles. The molecule has 0 saturated heterocycles. The standard InChI is InChI=1S/C12H14N4O4S/c1-7-3-9(20-2)11(21-7)12(19)13-4-8-5-16(15-14-8)6-10(17)18/h3,5H,4,6H2,1-2H3,(H,13,19)(H,17,18). The van der Waals surface area contributed by atoms with E-state index < -0.39 is 5.97 Å². The lowest BCUT2D eigenvalue weighted by atomic mass is 10.3. The second-order valence-corrected chi connectivity index (χ2v) is 5.49. The van der Waals surface area contributed by atoms with Crippen LogP contribution >= 0.6 is 11.3 Å². The van der Waals surface area contributed by atoms with Crippen molar-refractivity contribution in [2.24, 2.45) is 0 Å². The van der Waals surface area contributed by atoms with E-state index in [0.29, 0.717) is 16.3 Å². The molecule has 2 rings (SSSR count). The number of hydrogen-bond acceptors (Lipinski definition) is 6. The number of carboxylic acid groups (broad SMARTS) is 1. The topological polar surface area (TPSA) is 106 Å². The molecule has 0 fully saturated rings. The Labute approximate surface area is 124 Å². The highest BCUT2D eigenvalue weighted by Crippen LogP contribution is 2.28. The van der Waals surface area contributed by atoms with Crippen molar-refractivity contribution >= 4 is 23.2 Å². The molecular weight excluding hydrogens is 296 g/mol. The van der Waals surface area contributed by atoms with E-state index in [1.807, 2.05) is 6.92 Å². The first-order valence-electron chi connectivity index (χ1n) is 6.03. The zero-order chi connectivity index (χ0) is 15.4. The van der Waals surface area contributed by atoms with Crippen LogP contribution in [-0.4, -0.2) is 39.1 Å². The van der Waals surface area contributed by atoms with E-state index in [2.05, 4.69) is 15.6 Å². The number of aliphatic carboxylic acids is 1. The van der Waals surface area contributed by atoms with Crippen molar-refractivity contribution in [2.45, 2.75) is 20.0 Å². The minimum atomic E-state index is -1.01. The van der Waals surface area contributed by atoms with Gasteiger partial charge < -0.3 is 15.2 Å². The fourth-order valence-corrected chi connectivity index (χ4v) is 2.58. The molecule has 8 nitrogen and oxygen atoms in total. The lowest BCUT2D eigenvalue weighted by Crippen LogP contribution is -2.22. The second kappa shape index (κ2) is 6.35. The van der Waals surface area contributed by atoms with Gasteiger partial charge in [0.05, 0.1) is 19.9 Å². The van der Waals surface area contributed by atoms with Gasteiger partial charge in [-0.25, -0.2) is 4.68 Å². The molecule has 0 spiro atoms. The third kappa shape index (κ3) is 3.78. The molecule has 112 valence electrons. The zero-order valence-corrected chi connectivity index (χ0v) is 12.3. The van der Waals surface area contributed by atoms with Gasteiger partial charge in [-0.15, -0.1) is 16.4 Å². The van der Waals surface area contributed by atoms with E-state index >= 15 is 0 Å². The van der Waals surface area contributed by atoms with E-state index in [4.69, 9.17) is 9.84 Å². The minimum absolute atomic E-state index is 0.165. The molecule has 9 heteroatoms. The summed E-state index contributed by atoms with van der Waals surface area (Å²) in [7, 11) is 1.51. The number of aryl methyl sites for hydroxylation is 1. The molecule has 0 aliphatic rings. The Bertz CT molecular complexity index is 664. The monoisotopic (exact) mass is 310 g/mol. The number of carboxylic acids is 1. The van der Waals surface area contributed by atoms with Gasteiger partial charge in [-0.3, -0.25) is 9.59 Å².